The van der Waals surface area contributed by atoms with E-state index < -0.39 is 0 Å². The minimum atomic E-state index is -0.335. The van der Waals surface area contributed by atoms with Crippen LogP contribution in [0.5, 0.6) is 0 Å². The van der Waals surface area contributed by atoms with Gasteiger partial charge < -0.3 is 30.3 Å². The zero-order valence-corrected chi connectivity index (χ0v) is 28.1. The smallest absolute Gasteiger partial charge is 0.656 e. The zero-order chi connectivity index (χ0) is 20.2. The molecular formula is C22H31N3O4Rb2. The number of hydrogen-bond acceptors (Lipinski definition) is 5. The van der Waals surface area contributed by atoms with E-state index >= 15 is 0 Å². The number of nitrogens with zero attached hydrogens (tertiary/aromatic N) is 2. The fourth-order valence-corrected chi connectivity index (χ4v) is 3.06. The quantitative estimate of drug-likeness (QED) is 0.176. The number of hydrogen-bond donors (Lipinski definition) is 1. The molecule has 31 heavy (non-hydrogen) atoms. The summed E-state index contributed by atoms with van der Waals surface area (Å²) in [5.41, 5.74) is 3.44. The Morgan fingerprint density at radius 3 is 2.45 bits per heavy atom. The molecule has 0 saturated carbocycles. The summed E-state index contributed by atoms with van der Waals surface area (Å²) in [5, 5.41) is 10.6. The van der Waals surface area contributed by atoms with E-state index in [1.165, 1.54) is 0 Å². The molecule has 0 aliphatic heterocycles. The number of rotatable bonds is 12. The van der Waals surface area contributed by atoms with E-state index in [0.29, 0.717) is 31.5 Å². The molecule has 2 rings (SSSR count). The van der Waals surface area contributed by atoms with Gasteiger partial charge in [-0.15, -0.1) is 13.1 Å². The minimum absolute atomic E-state index is 0. The second-order valence-electron chi connectivity index (χ2n) is 6.57. The van der Waals surface area contributed by atoms with Crippen LogP contribution in [0.25, 0.3) is 10.6 Å². The topological polar surface area (TPSA) is 101 Å². The maximum absolute atomic E-state index is 12.7. The molecule has 1 aliphatic carbocycles. The molecule has 0 heterocycles. The van der Waals surface area contributed by atoms with Crippen LogP contribution in [0.2, 0.25) is 0 Å². The van der Waals surface area contributed by atoms with Crippen LogP contribution in [-0.2, 0) is 20.9 Å². The van der Waals surface area contributed by atoms with Gasteiger partial charge >= 0.3 is 116 Å². The Morgan fingerprint density at radius 2 is 1.81 bits per heavy atom. The van der Waals surface area contributed by atoms with E-state index in [2.05, 4.69) is 16.0 Å². The van der Waals surface area contributed by atoms with E-state index in [4.69, 9.17) is 4.74 Å². The Labute approximate surface area is 283 Å². The number of Topliss-reactive ketones (excluding diaryl/α,β-unsaturated/α-hetero) is 1. The van der Waals surface area contributed by atoms with Crippen LogP contribution in [0, 0.1) is 0 Å². The monoisotopic (exact) mass is 571 g/mol. The van der Waals surface area contributed by atoms with E-state index in [1.54, 1.807) is 12.1 Å². The first kappa shape index (κ1) is 34.1. The Morgan fingerprint density at radius 1 is 1.13 bits per heavy atom. The standard InChI is InChI=1S/C21H29N3O4.CH4.2Rb/c1-22-19-6-3-2-5-18(19)21(27)17-9-7-16(8-10-17)13-24-20(26)14-28-12-4-11-23-15-25;;;/h7-10,15H,2-6,11-14H2,1H3,(H3,22,23,24,25,26,27);1H4;;/q;;2*+1/p-2. The third kappa shape index (κ3) is 12.8. The van der Waals surface area contributed by atoms with Gasteiger partial charge in [-0.1, -0.05) is 37.3 Å². The van der Waals surface area contributed by atoms with Gasteiger partial charge in [-0.2, -0.15) is 0 Å². The van der Waals surface area contributed by atoms with Crippen molar-refractivity contribution in [3.63, 3.8) is 0 Å². The summed E-state index contributed by atoms with van der Waals surface area (Å²) in [6.07, 6.45) is 4.98. The molecule has 0 saturated heterocycles. The second kappa shape index (κ2) is 20.3. The van der Waals surface area contributed by atoms with Crippen LogP contribution >= 0.6 is 0 Å². The molecule has 7 nitrogen and oxygen atoms in total. The molecule has 0 aromatic heterocycles. The molecule has 1 N–H and O–H groups in total. The molecule has 0 bridgehead atoms. The molecule has 0 spiro atoms. The van der Waals surface area contributed by atoms with Crippen molar-refractivity contribution in [3.8, 4) is 0 Å². The van der Waals surface area contributed by atoms with Crippen molar-refractivity contribution in [2.75, 3.05) is 26.8 Å². The second-order valence-corrected chi connectivity index (χ2v) is 6.57. The van der Waals surface area contributed by atoms with Crippen molar-refractivity contribution in [1.82, 2.24) is 5.32 Å². The van der Waals surface area contributed by atoms with Crippen molar-refractivity contribution >= 4 is 18.1 Å². The molecule has 1 aliphatic rings. The van der Waals surface area contributed by atoms with Crippen molar-refractivity contribution in [1.29, 1.82) is 0 Å². The summed E-state index contributed by atoms with van der Waals surface area (Å²) in [6.45, 7) is 0.923. The van der Waals surface area contributed by atoms with Gasteiger partial charge in [-0.25, -0.2) is 0 Å². The van der Waals surface area contributed by atoms with Crippen LogP contribution in [0.3, 0.4) is 0 Å². The zero-order valence-electron chi connectivity index (χ0n) is 18.3. The van der Waals surface area contributed by atoms with Gasteiger partial charge in [0, 0.05) is 36.9 Å². The van der Waals surface area contributed by atoms with Crippen LogP contribution in [0.4, 0.5) is 0 Å². The molecule has 1 aromatic carbocycles. The Balaban J connectivity index is 0. The predicted octanol–water partition coefficient (Wildman–Crippen LogP) is -2.10. The molecule has 2 amide bonds. The fourth-order valence-electron chi connectivity index (χ4n) is 3.06. The number of ether oxygens (including phenoxy) is 1. The largest absolute Gasteiger partial charge is 1.00 e. The van der Waals surface area contributed by atoms with Crippen LogP contribution < -0.4 is 122 Å². The van der Waals surface area contributed by atoms with Crippen LogP contribution in [0.15, 0.2) is 35.5 Å². The van der Waals surface area contributed by atoms with E-state index in [-0.39, 0.29) is 149 Å². The normalized spacial score (nSPS) is 12.4. The van der Waals surface area contributed by atoms with Gasteiger partial charge in [-0.3, -0.25) is 4.79 Å². The predicted molar refractivity (Wildman–Crippen MR) is 114 cm³/mol. The van der Waals surface area contributed by atoms with E-state index in [9.17, 15) is 14.4 Å². The van der Waals surface area contributed by atoms with Gasteiger partial charge in [0.15, 0.2) is 5.78 Å². The molecule has 0 atom stereocenters. The summed E-state index contributed by atoms with van der Waals surface area (Å²) in [6, 6.07) is 7.24. The number of ketones is 1. The molecule has 0 radical (unpaired) electrons. The van der Waals surface area contributed by atoms with Gasteiger partial charge in [0.2, 0.25) is 0 Å². The fraction of sp³-hybridized carbons (Fsp3) is 0.500. The van der Waals surface area contributed by atoms with Gasteiger partial charge in [0.1, 0.15) is 0 Å². The SMILES string of the molecule is C.CNC1=C(C(=O)c2ccc(C[N-]C(=O)COCCC[N-]C=O)cc2)CCCC1.[Rb+].[Rb+]. The average Bonchev–Trinajstić information content (AvgIpc) is 2.74. The molecule has 160 valence electrons. The number of amides is 2. The number of allylic oxidation sites excluding steroid dienone is 2. The van der Waals surface area contributed by atoms with Crippen molar-refractivity contribution in [3.05, 3.63) is 57.3 Å². The number of carbonyl (C=O) groups excluding carboxylic acids is 3. The molecule has 1 aromatic rings. The summed E-state index contributed by atoms with van der Waals surface area (Å²) in [5.74, 6) is -0.267. The number of carbonyl (C=O) groups is 3. The van der Waals surface area contributed by atoms with Crippen molar-refractivity contribution in [2.45, 2.75) is 46.1 Å². The first-order valence-electron chi connectivity index (χ1n) is 9.57. The summed E-state index contributed by atoms with van der Waals surface area (Å²) in [4.78, 5) is 34.5. The minimum Gasteiger partial charge on any atom is -0.656 e. The van der Waals surface area contributed by atoms with Gasteiger partial charge in [0.25, 0.3) is 0 Å². The van der Waals surface area contributed by atoms with Gasteiger partial charge in [-0.05, 0) is 32.1 Å². The third-order valence-corrected chi connectivity index (χ3v) is 4.57. The van der Waals surface area contributed by atoms with E-state index in [0.717, 1.165) is 42.5 Å². The average molecular weight is 572 g/mol. The molecule has 0 fully saturated rings. The summed E-state index contributed by atoms with van der Waals surface area (Å²) >= 11 is 0. The third-order valence-electron chi connectivity index (χ3n) is 4.57. The first-order chi connectivity index (χ1) is 13.7. The van der Waals surface area contributed by atoms with Crippen LogP contribution in [0.1, 0.15) is 55.5 Å². The summed E-state index contributed by atoms with van der Waals surface area (Å²) < 4.78 is 5.19. The Bertz CT molecular complexity index is 709. The maximum Gasteiger partial charge on any atom is 1.00 e. The molecular weight excluding hydrogens is 541 g/mol. The van der Waals surface area contributed by atoms with Crippen molar-refractivity contribution < 1.29 is 135 Å². The van der Waals surface area contributed by atoms with Crippen molar-refractivity contribution in [2.24, 2.45) is 0 Å². The van der Waals surface area contributed by atoms with Crippen LogP contribution in [-0.4, -0.2) is 44.9 Å². The summed E-state index contributed by atoms with van der Waals surface area (Å²) in [7, 11) is 1.86. The van der Waals surface area contributed by atoms with Gasteiger partial charge in [0.05, 0.1) is 12.5 Å². The maximum atomic E-state index is 12.7. The first-order valence-corrected chi connectivity index (χ1v) is 9.57. The van der Waals surface area contributed by atoms with E-state index in [1.807, 2.05) is 19.2 Å². The molecule has 0 unspecified atom stereocenters. The molecule has 9 heteroatoms. The Kier molecular flexibility index (Phi) is 22.4. The Hall–Kier alpha value is 0.940. The number of nitrogens with one attached hydrogen (secondary N) is 1. The number of benzene rings is 1.